The van der Waals surface area contributed by atoms with Crippen molar-refractivity contribution in [2.75, 3.05) is 7.05 Å². The quantitative estimate of drug-likeness (QED) is 0.699. The van der Waals surface area contributed by atoms with Crippen LogP contribution in [0.15, 0.2) is 42.9 Å². The van der Waals surface area contributed by atoms with Gasteiger partial charge in [-0.15, -0.1) is 0 Å². The normalized spacial score (nSPS) is 18.7. The van der Waals surface area contributed by atoms with Crippen LogP contribution >= 0.6 is 0 Å². The first-order valence-electron chi connectivity index (χ1n) is 10.0. The van der Waals surface area contributed by atoms with Crippen LogP contribution in [0.25, 0.3) is 22.3 Å². The standard InChI is InChI=1S/C22H25N5O2/c1-3-20(28)26-17-5-6-18(11-17)27(2)22(29)16-12-24-21(25-13-16)15-4-7-19-14(10-15)8-9-23-19/h4,7-10,12-13,17-18,23H,3,5-6,11H2,1-2H3,(H,26,28)/t17-,18?/m1/s1. The van der Waals surface area contributed by atoms with Crippen LogP contribution in [0.4, 0.5) is 0 Å². The predicted octanol–water partition coefficient (Wildman–Crippen LogP) is 3.14. The lowest BCUT2D eigenvalue weighted by Gasteiger charge is -2.24. The number of amides is 2. The number of hydrogen-bond acceptors (Lipinski definition) is 4. The Bertz CT molecular complexity index is 1030. The molecule has 1 aliphatic carbocycles. The minimum atomic E-state index is -0.0925. The number of nitrogens with one attached hydrogen (secondary N) is 2. The van der Waals surface area contributed by atoms with Gasteiger partial charge in [0.2, 0.25) is 5.91 Å². The van der Waals surface area contributed by atoms with E-state index in [0.717, 1.165) is 35.7 Å². The van der Waals surface area contributed by atoms with Crippen LogP contribution in [0.3, 0.4) is 0 Å². The highest BCUT2D eigenvalue weighted by Gasteiger charge is 2.31. The van der Waals surface area contributed by atoms with Crippen molar-refractivity contribution in [1.82, 2.24) is 25.2 Å². The van der Waals surface area contributed by atoms with Crippen LogP contribution in [0.1, 0.15) is 43.0 Å². The maximum absolute atomic E-state index is 12.9. The van der Waals surface area contributed by atoms with E-state index in [2.05, 4.69) is 20.3 Å². The number of carbonyl (C=O) groups is 2. The van der Waals surface area contributed by atoms with Crippen LogP contribution < -0.4 is 5.32 Å². The summed E-state index contributed by atoms with van der Waals surface area (Å²) in [5, 5.41) is 4.12. The highest BCUT2D eigenvalue weighted by atomic mass is 16.2. The Balaban J connectivity index is 1.43. The Morgan fingerprint density at radius 2 is 2.00 bits per heavy atom. The summed E-state index contributed by atoms with van der Waals surface area (Å²) in [6.07, 6.45) is 8.12. The van der Waals surface area contributed by atoms with Gasteiger partial charge in [0.1, 0.15) is 0 Å². The molecule has 4 rings (SSSR count). The molecular formula is C22H25N5O2. The summed E-state index contributed by atoms with van der Waals surface area (Å²) in [5.41, 5.74) is 2.45. The maximum atomic E-state index is 12.9. The number of benzene rings is 1. The Labute approximate surface area is 169 Å². The molecule has 2 aromatic heterocycles. The van der Waals surface area contributed by atoms with E-state index in [1.807, 2.05) is 44.4 Å². The second-order valence-electron chi connectivity index (χ2n) is 7.58. The molecule has 0 aliphatic heterocycles. The minimum absolute atomic E-state index is 0.0615. The molecule has 7 heteroatoms. The SMILES string of the molecule is CCC(=O)N[C@@H]1CCC(N(C)C(=O)c2cnc(-c3ccc4[nH]ccc4c3)nc2)C1. The van der Waals surface area contributed by atoms with Gasteiger partial charge >= 0.3 is 0 Å². The van der Waals surface area contributed by atoms with Crippen LogP contribution in [-0.4, -0.2) is 50.8 Å². The molecule has 1 fully saturated rings. The van der Waals surface area contributed by atoms with Crippen LogP contribution in [0, 0.1) is 0 Å². The van der Waals surface area contributed by atoms with Crippen molar-refractivity contribution < 1.29 is 9.59 Å². The second kappa shape index (κ2) is 8.03. The van der Waals surface area contributed by atoms with Crippen molar-refractivity contribution in [1.29, 1.82) is 0 Å². The molecule has 2 amide bonds. The van der Waals surface area contributed by atoms with Crippen molar-refractivity contribution in [2.45, 2.75) is 44.7 Å². The highest BCUT2D eigenvalue weighted by molar-refractivity contribution is 5.94. The van der Waals surface area contributed by atoms with Gasteiger partial charge in [0.25, 0.3) is 5.91 Å². The summed E-state index contributed by atoms with van der Waals surface area (Å²) in [6.45, 7) is 1.84. The first-order chi connectivity index (χ1) is 14.0. The summed E-state index contributed by atoms with van der Waals surface area (Å²) in [5.74, 6) is 0.562. The number of fused-ring (bicyclic) bond motifs is 1. The van der Waals surface area contributed by atoms with Crippen molar-refractivity contribution in [3.8, 4) is 11.4 Å². The zero-order valence-corrected chi connectivity index (χ0v) is 16.7. The van der Waals surface area contributed by atoms with Gasteiger partial charge in [0.15, 0.2) is 5.82 Å². The first kappa shape index (κ1) is 19.1. The molecule has 1 aromatic carbocycles. The van der Waals surface area contributed by atoms with E-state index in [1.54, 1.807) is 17.3 Å². The lowest BCUT2D eigenvalue weighted by Crippen LogP contribution is -2.38. The summed E-state index contributed by atoms with van der Waals surface area (Å²) in [4.78, 5) is 38.2. The number of aromatic amines is 1. The molecule has 1 saturated carbocycles. The third-order valence-electron chi connectivity index (χ3n) is 5.67. The molecule has 0 radical (unpaired) electrons. The molecule has 2 N–H and O–H groups in total. The Hall–Kier alpha value is -3.22. The van der Waals surface area contributed by atoms with Crippen LogP contribution in [-0.2, 0) is 4.79 Å². The number of hydrogen-bond donors (Lipinski definition) is 2. The van der Waals surface area contributed by atoms with E-state index in [0.29, 0.717) is 17.8 Å². The summed E-state index contributed by atoms with van der Waals surface area (Å²) in [6, 6.07) is 8.24. The Morgan fingerprint density at radius 1 is 1.21 bits per heavy atom. The van der Waals surface area contributed by atoms with Crippen molar-refractivity contribution in [2.24, 2.45) is 0 Å². The molecule has 0 saturated heterocycles. The van der Waals surface area contributed by atoms with E-state index >= 15 is 0 Å². The maximum Gasteiger partial charge on any atom is 0.256 e. The average Bonchev–Trinajstić information content (AvgIpc) is 3.41. The van der Waals surface area contributed by atoms with Crippen molar-refractivity contribution >= 4 is 22.7 Å². The van der Waals surface area contributed by atoms with E-state index in [4.69, 9.17) is 0 Å². The predicted molar refractivity (Wildman–Crippen MR) is 111 cm³/mol. The van der Waals surface area contributed by atoms with Crippen molar-refractivity contribution in [3.63, 3.8) is 0 Å². The number of carbonyl (C=O) groups excluding carboxylic acids is 2. The van der Waals surface area contributed by atoms with Gasteiger partial charge in [-0.2, -0.15) is 0 Å². The summed E-state index contributed by atoms with van der Waals surface area (Å²) < 4.78 is 0. The summed E-state index contributed by atoms with van der Waals surface area (Å²) >= 11 is 0. The minimum Gasteiger partial charge on any atom is -0.361 e. The number of nitrogens with zero attached hydrogens (tertiary/aromatic N) is 3. The molecule has 2 atom stereocenters. The third kappa shape index (κ3) is 3.99. The van der Waals surface area contributed by atoms with Gasteiger partial charge in [-0.1, -0.05) is 6.92 Å². The van der Waals surface area contributed by atoms with E-state index in [1.165, 1.54) is 0 Å². The molecular weight excluding hydrogens is 366 g/mol. The van der Waals surface area contributed by atoms with Gasteiger partial charge in [-0.25, -0.2) is 9.97 Å². The number of aromatic nitrogens is 3. The molecule has 1 aliphatic rings. The average molecular weight is 391 g/mol. The highest BCUT2D eigenvalue weighted by Crippen LogP contribution is 2.25. The molecule has 7 nitrogen and oxygen atoms in total. The van der Waals surface area contributed by atoms with Crippen LogP contribution in [0.2, 0.25) is 0 Å². The van der Waals surface area contributed by atoms with E-state index < -0.39 is 0 Å². The molecule has 1 unspecified atom stereocenters. The lowest BCUT2D eigenvalue weighted by atomic mass is 10.1. The largest absolute Gasteiger partial charge is 0.361 e. The lowest BCUT2D eigenvalue weighted by molar-refractivity contribution is -0.121. The van der Waals surface area contributed by atoms with Gasteiger partial charge in [0, 0.05) is 60.6 Å². The Kier molecular flexibility index (Phi) is 5.29. The molecule has 0 bridgehead atoms. The second-order valence-corrected chi connectivity index (χ2v) is 7.58. The summed E-state index contributed by atoms with van der Waals surface area (Å²) in [7, 11) is 1.81. The Morgan fingerprint density at radius 3 is 2.76 bits per heavy atom. The van der Waals surface area contributed by atoms with E-state index in [9.17, 15) is 9.59 Å². The fourth-order valence-electron chi connectivity index (χ4n) is 3.92. The van der Waals surface area contributed by atoms with Crippen LogP contribution in [0.5, 0.6) is 0 Å². The van der Waals surface area contributed by atoms with Crippen molar-refractivity contribution in [3.05, 3.63) is 48.4 Å². The fraction of sp³-hybridized carbons (Fsp3) is 0.364. The smallest absolute Gasteiger partial charge is 0.256 e. The fourth-order valence-corrected chi connectivity index (χ4v) is 3.92. The zero-order valence-electron chi connectivity index (χ0n) is 16.7. The molecule has 150 valence electrons. The number of rotatable bonds is 5. The van der Waals surface area contributed by atoms with Gasteiger partial charge in [-0.05, 0) is 43.5 Å². The monoisotopic (exact) mass is 391 g/mol. The topological polar surface area (TPSA) is 91.0 Å². The first-order valence-corrected chi connectivity index (χ1v) is 10.0. The van der Waals surface area contributed by atoms with Gasteiger partial charge in [0.05, 0.1) is 5.56 Å². The van der Waals surface area contributed by atoms with Gasteiger partial charge < -0.3 is 15.2 Å². The van der Waals surface area contributed by atoms with Gasteiger partial charge in [-0.3, -0.25) is 9.59 Å². The molecule has 3 aromatic rings. The number of H-pyrrole nitrogens is 1. The molecule has 29 heavy (non-hydrogen) atoms. The van der Waals surface area contributed by atoms with E-state index in [-0.39, 0.29) is 23.9 Å². The molecule has 2 heterocycles. The molecule has 0 spiro atoms. The third-order valence-corrected chi connectivity index (χ3v) is 5.67. The zero-order chi connectivity index (χ0) is 20.4.